The summed E-state index contributed by atoms with van der Waals surface area (Å²) in [5.41, 5.74) is -0.328. The molecule has 0 bridgehead atoms. The van der Waals surface area contributed by atoms with Gasteiger partial charge in [-0.3, -0.25) is 0 Å². The highest BCUT2D eigenvalue weighted by Crippen LogP contribution is 2.22. The van der Waals surface area contributed by atoms with Crippen LogP contribution in [-0.4, -0.2) is 34.3 Å². The summed E-state index contributed by atoms with van der Waals surface area (Å²) < 4.78 is 5.10. The van der Waals surface area contributed by atoms with Crippen molar-refractivity contribution < 1.29 is 9.84 Å². The molecule has 0 spiro atoms. The maximum atomic E-state index is 9.50. The molecule has 0 saturated carbocycles. The molecule has 96 valence electrons. The minimum absolute atomic E-state index is 0.0748. The Morgan fingerprint density at radius 3 is 2.47 bits per heavy atom. The second-order valence-corrected chi connectivity index (χ2v) is 4.11. The molecule has 2 N–H and O–H groups in total. The van der Waals surface area contributed by atoms with Crippen LogP contribution >= 0.6 is 0 Å². The van der Waals surface area contributed by atoms with Gasteiger partial charge in [0.1, 0.15) is 11.6 Å². The van der Waals surface area contributed by atoms with E-state index in [9.17, 15) is 5.11 Å². The lowest BCUT2D eigenvalue weighted by Gasteiger charge is -2.31. The first kappa shape index (κ1) is 13.7. The molecule has 0 amide bonds. The minimum atomic E-state index is -0.328. The number of nitrogens with zero attached hydrogens (tertiary/aromatic N) is 2. The number of aliphatic hydroxyl groups is 1. The predicted octanol–water partition coefficient (Wildman–Crippen LogP) is 1.76. The molecule has 0 aromatic carbocycles. The molecule has 0 fully saturated rings. The molecule has 1 heterocycles. The molecule has 1 rings (SSSR count). The number of hydrogen-bond donors (Lipinski definition) is 2. The van der Waals surface area contributed by atoms with Gasteiger partial charge in [0, 0.05) is 6.07 Å². The van der Waals surface area contributed by atoms with Crippen LogP contribution in [0.1, 0.15) is 32.5 Å². The number of nitrogens with one attached hydrogen (secondary N) is 1. The smallest absolute Gasteiger partial charge is 0.218 e. The highest BCUT2D eigenvalue weighted by atomic mass is 16.5. The van der Waals surface area contributed by atoms with Crippen LogP contribution in [0.15, 0.2) is 6.07 Å². The Balaban J connectivity index is 2.96. The van der Waals surface area contributed by atoms with E-state index in [4.69, 9.17) is 4.74 Å². The van der Waals surface area contributed by atoms with Crippen LogP contribution in [0.2, 0.25) is 0 Å². The lowest BCUT2D eigenvalue weighted by molar-refractivity contribution is 0.202. The van der Waals surface area contributed by atoms with Gasteiger partial charge < -0.3 is 15.2 Å². The zero-order valence-electron chi connectivity index (χ0n) is 10.9. The fraction of sp³-hybridized carbons (Fsp3) is 0.667. The fourth-order valence-electron chi connectivity index (χ4n) is 1.67. The average molecular weight is 239 g/mol. The summed E-state index contributed by atoms with van der Waals surface area (Å²) in [6, 6.07) is 1.74. The Bertz CT molecular complexity index is 357. The first-order valence-electron chi connectivity index (χ1n) is 5.88. The van der Waals surface area contributed by atoms with E-state index in [1.54, 1.807) is 13.2 Å². The van der Waals surface area contributed by atoms with Gasteiger partial charge in [-0.25, -0.2) is 4.98 Å². The first-order valence-corrected chi connectivity index (χ1v) is 5.88. The van der Waals surface area contributed by atoms with Crippen LogP contribution in [-0.2, 0) is 0 Å². The number of hydrogen-bond acceptors (Lipinski definition) is 5. The van der Waals surface area contributed by atoms with E-state index in [-0.39, 0.29) is 12.1 Å². The molecular formula is C12H21N3O2. The van der Waals surface area contributed by atoms with Gasteiger partial charge in [-0.1, -0.05) is 13.8 Å². The Morgan fingerprint density at radius 1 is 1.35 bits per heavy atom. The van der Waals surface area contributed by atoms with Crippen LogP contribution in [0, 0.1) is 6.92 Å². The van der Waals surface area contributed by atoms with Crippen molar-refractivity contribution in [2.24, 2.45) is 0 Å². The van der Waals surface area contributed by atoms with Crippen molar-refractivity contribution in [2.45, 2.75) is 39.2 Å². The molecule has 17 heavy (non-hydrogen) atoms. The molecule has 0 aliphatic heterocycles. The molecule has 5 nitrogen and oxygen atoms in total. The van der Waals surface area contributed by atoms with E-state index >= 15 is 0 Å². The lowest BCUT2D eigenvalue weighted by Crippen LogP contribution is -2.41. The summed E-state index contributed by atoms with van der Waals surface area (Å²) in [5, 5.41) is 12.8. The van der Waals surface area contributed by atoms with Gasteiger partial charge in [0.05, 0.1) is 19.3 Å². The van der Waals surface area contributed by atoms with Crippen LogP contribution in [0.4, 0.5) is 5.82 Å². The van der Waals surface area contributed by atoms with Crippen molar-refractivity contribution in [2.75, 3.05) is 19.0 Å². The summed E-state index contributed by atoms with van der Waals surface area (Å²) in [6.07, 6.45) is 1.65. The molecule has 5 heteroatoms. The average Bonchev–Trinajstić information content (AvgIpc) is 2.35. The third-order valence-corrected chi connectivity index (χ3v) is 3.07. The second-order valence-electron chi connectivity index (χ2n) is 4.11. The normalized spacial score (nSPS) is 11.4. The zero-order chi connectivity index (χ0) is 12.9. The predicted molar refractivity (Wildman–Crippen MR) is 67.3 cm³/mol. The highest BCUT2D eigenvalue weighted by molar-refractivity contribution is 5.41. The monoisotopic (exact) mass is 239 g/mol. The number of aromatic nitrogens is 2. The number of ether oxygens (including phenoxy) is 1. The van der Waals surface area contributed by atoms with Crippen molar-refractivity contribution in [1.82, 2.24) is 9.97 Å². The van der Waals surface area contributed by atoms with Gasteiger partial charge in [0.2, 0.25) is 5.88 Å². The first-order chi connectivity index (χ1) is 8.09. The van der Waals surface area contributed by atoms with E-state index in [0.29, 0.717) is 17.5 Å². The molecule has 0 aliphatic rings. The van der Waals surface area contributed by atoms with Gasteiger partial charge in [-0.2, -0.15) is 4.98 Å². The molecule has 0 saturated heterocycles. The Morgan fingerprint density at radius 2 is 2.00 bits per heavy atom. The van der Waals surface area contributed by atoms with Crippen molar-refractivity contribution >= 4 is 5.82 Å². The topological polar surface area (TPSA) is 67.3 Å². The van der Waals surface area contributed by atoms with Gasteiger partial charge in [-0.15, -0.1) is 0 Å². The molecule has 0 unspecified atom stereocenters. The molecular weight excluding hydrogens is 218 g/mol. The quantitative estimate of drug-likeness (QED) is 0.791. The Kier molecular flexibility index (Phi) is 4.69. The maximum absolute atomic E-state index is 9.50. The van der Waals surface area contributed by atoms with E-state index in [1.807, 2.05) is 20.8 Å². The van der Waals surface area contributed by atoms with Crippen LogP contribution < -0.4 is 10.1 Å². The number of anilines is 1. The van der Waals surface area contributed by atoms with E-state index in [1.165, 1.54) is 0 Å². The van der Waals surface area contributed by atoms with Crippen molar-refractivity contribution in [1.29, 1.82) is 0 Å². The van der Waals surface area contributed by atoms with Crippen molar-refractivity contribution in [3.8, 4) is 5.88 Å². The van der Waals surface area contributed by atoms with Crippen LogP contribution in [0.25, 0.3) is 0 Å². The summed E-state index contributed by atoms with van der Waals surface area (Å²) in [6.45, 7) is 5.97. The molecule has 0 aliphatic carbocycles. The fourth-order valence-corrected chi connectivity index (χ4v) is 1.67. The lowest BCUT2D eigenvalue weighted by atomic mass is 9.94. The van der Waals surface area contributed by atoms with Crippen LogP contribution in [0.3, 0.4) is 0 Å². The third-order valence-electron chi connectivity index (χ3n) is 3.07. The molecule has 1 aromatic rings. The van der Waals surface area contributed by atoms with Gasteiger partial charge in [0.15, 0.2) is 0 Å². The minimum Gasteiger partial charge on any atom is -0.481 e. The van der Waals surface area contributed by atoms with Gasteiger partial charge >= 0.3 is 0 Å². The Hall–Kier alpha value is -1.36. The molecule has 0 atom stereocenters. The van der Waals surface area contributed by atoms with E-state index < -0.39 is 0 Å². The van der Waals surface area contributed by atoms with Gasteiger partial charge in [0.25, 0.3) is 0 Å². The summed E-state index contributed by atoms with van der Waals surface area (Å²) >= 11 is 0. The standard InChI is InChI=1S/C12H21N3O2/c1-5-12(6-2,8-16)15-10-7-11(17-4)14-9(3)13-10/h7,16H,5-6,8H2,1-4H3,(H,13,14,15). The van der Waals surface area contributed by atoms with E-state index in [2.05, 4.69) is 15.3 Å². The summed E-state index contributed by atoms with van der Waals surface area (Å²) in [7, 11) is 1.57. The van der Waals surface area contributed by atoms with Crippen LogP contribution in [0.5, 0.6) is 5.88 Å². The second kappa shape index (κ2) is 5.82. The number of methoxy groups -OCH3 is 1. The largest absolute Gasteiger partial charge is 0.481 e. The number of rotatable bonds is 6. The van der Waals surface area contributed by atoms with E-state index in [0.717, 1.165) is 12.8 Å². The highest BCUT2D eigenvalue weighted by Gasteiger charge is 2.25. The van der Waals surface area contributed by atoms with Crippen molar-refractivity contribution in [3.05, 3.63) is 11.9 Å². The zero-order valence-corrected chi connectivity index (χ0v) is 10.9. The summed E-state index contributed by atoms with van der Waals surface area (Å²) in [4.78, 5) is 8.42. The molecule has 1 aromatic heterocycles. The molecule has 0 radical (unpaired) electrons. The third kappa shape index (κ3) is 3.30. The maximum Gasteiger partial charge on any atom is 0.218 e. The van der Waals surface area contributed by atoms with Crippen molar-refractivity contribution in [3.63, 3.8) is 0 Å². The van der Waals surface area contributed by atoms with Gasteiger partial charge in [-0.05, 0) is 19.8 Å². The number of aliphatic hydroxyl groups excluding tert-OH is 1. The summed E-state index contributed by atoms with van der Waals surface area (Å²) in [5.74, 6) is 1.86. The SMILES string of the molecule is CCC(CC)(CO)Nc1cc(OC)nc(C)n1. The Labute approximate surface area is 102 Å². The number of aryl methyl sites for hydroxylation is 1.